The molecule has 1 saturated heterocycles. The summed E-state index contributed by atoms with van der Waals surface area (Å²) in [5, 5.41) is 12.0. The van der Waals surface area contributed by atoms with E-state index in [-0.39, 0.29) is 37.1 Å². The van der Waals surface area contributed by atoms with Crippen molar-refractivity contribution in [3.8, 4) is 11.8 Å². The largest absolute Gasteiger partial charge is 0.497 e. The Morgan fingerprint density at radius 2 is 1.76 bits per heavy atom. The molecule has 34 heavy (non-hydrogen) atoms. The zero-order valence-corrected chi connectivity index (χ0v) is 19.9. The number of carbonyl (C=O) groups is 2. The fraction of sp³-hybridized carbons (Fsp3) is 0.444. The maximum Gasteiger partial charge on any atom is 0.227 e. The van der Waals surface area contributed by atoms with Crippen LogP contribution in [0.25, 0.3) is 0 Å². The Morgan fingerprint density at radius 3 is 2.41 bits per heavy atom. The summed E-state index contributed by atoms with van der Waals surface area (Å²) in [7, 11) is 1.65. The number of hydrogen-bond donors (Lipinski definition) is 1. The quantitative estimate of drug-likeness (QED) is 0.544. The van der Waals surface area contributed by atoms with Crippen molar-refractivity contribution in [1.82, 2.24) is 10.2 Å². The van der Waals surface area contributed by atoms with Gasteiger partial charge in [-0.15, -0.1) is 0 Å². The van der Waals surface area contributed by atoms with Crippen LogP contribution in [0, 0.1) is 11.3 Å². The average Bonchev–Trinajstić information content (AvgIpc) is 2.89. The first kappa shape index (κ1) is 25.3. The van der Waals surface area contributed by atoms with Gasteiger partial charge in [-0.25, -0.2) is 0 Å². The van der Waals surface area contributed by atoms with Gasteiger partial charge in [-0.1, -0.05) is 36.8 Å². The predicted molar refractivity (Wildman–Crippen MR) is 132 cm³/mol. The zero-order chi connectivity index (χ0) is 24.2. The lowest BCUT2D eigenvalue weighted by atomic mass is 10.0. The van der Waals surface area contributed by atoms with Crippen LogP contribution in [0.5, 0.6) is 5.75 Å². The van der Waals surface area contributed by atoms with E-state index in [4.69, 9.17) is 10.00 Å². The third kappa shape index (κ3) is 7.32. The molecule has 1 aliphatic heterocycles. The van der Waals surface area contributed by atoms with Crippen molar-refractivity contribution in [3.63, 3.8) is 0 Å². The molecule has 0 saturated carbocycles. The number of carbonyl (C=O) groups excluding carboxylic acids is 2. The number of para-hydroxylation sites is 1. The number of methoxy groups -OCH3 is 1. The van der Waals surface area contributed by atoms with E-state index >= 15 is 0 Å². The van der Waals surface area contributed by atoms with Crippen LogP contribution in [0.4, 0.5) is 5.69 Å². The molecule has 1 fully saturated rings. The van der Waals surface area contributed by atoms with Crippen molar-refractivity contribution in [1.29, 1.82) is 5.26 Å². The van der Waals surface area contributed by atoms with Gasteiger partial charge in [0.05, 0.1) is 25.6 Å². The van der Waals surface area contributed by atoms with E-state index in [1.807, 2.05) is 42.5 Å². The SMILES string of the molecule is COc1ccc(C(CNC(=O)CCC(=O)N(CCC#N)c2ccccc2)N2CCCCC2)cc1. The van der Waals surface area contributed by atoms with Crippen LogP contribution < -0.4 is 15.0 Å². The summed E-state index contributed by atoms with van der Waals surface area (Å²) in [5.41, 5.74) is 1.89. The Morgan fingerprint density at radius 1 is 1.06 bits per heavy atom. The van der Waals surface area contributed by atoms with Crippen molar-refractivity contribution < 1.29 is 14.3 Å². The Labute approximate surface area is 202 Å². The summed E-state index contributed by atoms with van der Waals surface area (Å²) in [6.07, 6.45) is 4.02. The van der Waals surface area contributed by atoms with E-state index in [1.165, 1.54) is 6.42 Å². The molecule has 0 radical (unpaired) electrons. The average molecular weight is 463 g/mol. The third-order valence-electron chi connectivity index (χ3n) is 6.21. The molecule has 0 aliphatic carbocycles. The summed E-state index contributed by atoms with van der Waals surface area (Å²) >= 11 is 0. The normalized spacial score (nSPS) is 14.6. The van der Waals surface area contributed by atoms with Crippen LogP contribution in [-0.4, -0.2) is 50.0 Å². The Hall–Kier alpha value is -3.37. The molecule has 1 unspecified atom stereocenters. The second kappa shape index (κ2) is 13.4. The standard InChI is InChI=1S/C27H34N4O3/c1-34-24-13-11-22(12-14-24)25(30-18-6-3-7-19-30)21-29-26(32)15-16-27(33)31(20-8-17-28)23-9-4-2-5-10-23/h2,4-5,9-14,25H,3,6-8,15-16,18-21H2,1H3,(H,29,32). The Kier molecular flexibility index (Phi) is 9.93. The van der Waals surface area contributed by atoms with E-state index < -0.39 is 0 Å². The van der Waals surface area contributed by atoms with Gasteiger partial charge in [-0.05, 0) is 55.8 Å². The van der Waals surface area contributed by atoms with Gasteiger partial charge in [0, 0.05) is 31.6 Å². The highest BCUT2D eigenvalue weighted by Crippen LogP contribution is 2.26. The number of nitrogens with zero attached hydrogens (tertiary/aromatic N) is 3. The second-order valence-corrected chi connectivity index (χ2v) is 8.48. The topological polar surface area (TPSA) is 85.7 Å². The van der Waals surface area contributed by atoms with Crippen molar-refractivity contribution in [3.05, 3.63) is 60.2 Å². The molecule has 0 bridgehead atoms. The van der Waals surface area contributed by atoms with Gasteiger partial charge in [0.2, 0.25) is 11.8 Å². The molecular weight excluding hydrogens is 428 g/mol. The van der Waals surface area contributed by atoms with Gasteiger partial charge in [0.1, 0.15) is 5.75 Å². The molecule has 7 heteroatoms. The molecule has 2 aromatic carbocycles. The number of piperidine rings is 1. The summed E-state index contributed by atoms with van der Waals surface area (Å²) in [6.45, 7) is 2.83. The first-order valence-corrected chi connectivity index (χ1v) is 12.0. The number of ether oxygens (including phenoxy) is 1. The van der Waals surface area contributed by atoms with Gasteiger partial charge >= 0.3 is 0 Å². The number of nitriles is 1. The van der Waals surface area contributed by atoms with Gasteiger partial charge in [-0.2, -0.15) is 5.26 Å². The number of anilines is 1. The smallest absolute Gasteiger partial charge is 0.227 e. The highest BCUT2D eigenvalue weighted by Gasteiger charge is 2.23. The van der Waals surface area contributed by atoms with E-state index in [9.17, 15) is 9.59 Å². The fourth-order valence-corrected chi connectivity index (χ4v) is 4.34. The van der Waals surface area contributed by atoms with Gasteiger partial charge in [0.15, 0.2) is 0 Å². The molecule has 1 N–H and O–H groups in total. The van der Waals surface area contributed by atoms with E-state index in [0.29, 0.717) is 13.1 Å². The van der Waals surface area contributed by atoms with Crippen molar-refractivity contribution >= 4 is 17.5 Å². The van der Waals surface area contributed by atoms with E-state index in [2.05, 4.69) is 28.4 Å². The minimum Gasteiger partial charge on any atom is -0.497 e. The number of benzene rings is 2. The number of nitrogens with one attached hydrogen (secondary N) is 1. The fourth-order valence-electron chi connectivity index (χ4n) is 4.34. The van der Waals surface area contributed by atoms with Crippen LogP contribution in [0.3, 0.4) is 0 Å². The first-order chi connectivity index (χ1) is 16.6. The van der Waals surface area contributed by atoms with Gasteiger partial charge < -0.3 is 15.0 Å². The number of likely N-dealkylation sites (tertiary alicyclic amines) is 1. The summed E-state index contributed by atoms with van der Waals surface area (Å²) < 4.78 is 5.29. The van der Waals surface area contributed by atoms with Crippen LogP contribution in [-0.2, 0) is 9.59 Å². The molecule has 1 atom stereocenters. The van der Waals surface area contributed by atoms with Crippen molar-refractivity contribution in [2.75, 3.05) is 38.2 Å². The third-order valence-corrected chi connectivity index (χ3v) is 6.21. The van der Waals surface area contributed by atoms with Crippen LogP contribution in [0.1, 0.15) is 50.1 Å². The molecule has 3 rings (SSSR count). The number of amides is 2. The lowest BCUT2D eigenvalue weighted by Crippen LogP contribution is -2.41. The second-order valence-electron chi connectivity index (χ2n) is 8.48. The molecular formula is C27H34N4O3. The lowest BCUT2D eigenvalue weighted by molar-refractivity contribution is -0.125. The monoisotopic (exact) mass is 462 g/mol. The molecule has 0 aromatic heterocycles. The molecule has 1 heterocycles. The predicted octanol–water partition coefficient (Wildman–Crippen LogP) is 4.07. The lowest BCUT2D eigenvalue weighted by Gasteiger charge is -2.35. The van der Waals surface area contributed by atoms with Gasteiger partial charge in [-0.3, -0.25) is 14.5 Å². The zero-order valence-electron chi connectivity index (χ0n) is 19.9. The minimum absolute atomic E-state index is 0.0855. The first-order valence-electron chi connectivity index (χ1n) is 12.0. The maximum atomic E-state index is 12.8. The highest BCUT2D eigenvalue weighted by atomic mass is 16.5. The Bertz CT molecular complexity index is 950. The van der Waals surface area contributed by atoms with Crippen molar-refractivity contribution in [2.45, 2.75) is 44.6 Å². The molecule has 180 valence electrons. The highest BCUT2D eigenvalue weighted by molar-refractivity contribution is 5.95. The molecule has 2 amide bonds. The van der Waals surface area contributed by atoms with Crippen LogP contribution >= 0.6 is 0 Å². The summed E-state index contributed by atoms with van der Waals surface area (Å²) in [4.78, 5) is 29.5. The molecule has 2 aromatic rings. The number of hydrogen-bond acceptors (Lipinski definition) is 5. The summed E-state index contributed by atoms with van der Waals surface area (Å²) in [6, 6.07) is 19.5. The van der Waals surface area contributed by atoms with E-state index in [1.54, 1.807) is 12.0 Å². The van der Waals surface area contributed by atoms with Gasteiger partial charge in [0.25, 0.3) is 0 Å². The maximum absolute atomic E-state index is 12.8. The summed E-state index contributed by atoms with van der Waals surface area (Å²) in [5.74, 6) is 0.513. The minimum atomic E-state index is -0.153. The van der Waals surface area contributed by atoms with E-state index in [0.717, 1.165) is 42.9 Å². The molecule has 1 aliphatic rings. The Balaban J connectivity index is 1.58. The molecule has 7 nitrogen and oxygen atoms in total. The number of rotatable bonds is 11. The van der Waals surface area contributed by atoms with Crippen LogP contribution in [0.15, 0.2) is 54.6 Å². The van der Waals surface area contributed by atoms with Crippen molar-refractivity contribution in [2.24, 2.45) is 0 Å². The van der Waals surface area contributed by atoms with Crippen LogP contribution in [0.2, 0.25) is 0 Å². The molecule has 0 spiro atoms.